The molecule has 0 aromatic heterocycles. The highest BCUT2D eigenvalue weighted by molar-refractivity contribution is 6.27. The molecule has 298 valence electrons. The van der Waals surface area contributed by atoms with E-state index in [0.717, 1.165) is 6.92 Å². The molecule has 1 aliphatic rings. The third kappa shape index (κ3) is 9.10. The summed E-state index contributed by atoms with van der Waals surface area (Å²) in [7, 11) is 0. The standard InChI is InChI=1S/C38H63N7O8/c1-6-21(3)29(42)33(50)36(5,20-28(47)25(40)11-8-9-17-39)37(32(49)27-12-10-18-45-27,31(48)26(41)19-23-13-15-24(46)16-14-23)38(44,35(52)53)34(51)30(43)22(4)7-2/h13-16,21-22,25-27,29-30,45-46H,6-12,17-20,39-44H2,1-5H3,(H,52,53). The van der Waals surface area contributed by atoms with Crippen LogP contribution in [0.5, 0.6) is 5.75 Å². The molecule has 1 fully saturated rings. The molecule has 0 spiro atoms. The molecule has 0 bridgehead atoms. The van der Waals surface area contributed by atoms with Crippen LogP contribution in [0.4, 0.5) is 0 Å². The molecule has 1 heterocycles. The van der Waals surface area contributed by atoms with Crippen molar-refractivity contribution < 1.29 is 39.0 Å². The molecule has 15 N–H and O–H groups in total. The molecule has 1 saturated heterocycles. The van der Waals surface area contributed by atoms with Gasteiger partial charge in [0.05, 0.1) is 35.6 Å². The lowest BCUT2D eigenvalue weighted by Gasteiger charge is -2.54. The number of benzene rings is 1. The molecule has 10 atom stereocenters. The summed E-state index contributed by atoms with van der Waals surface area (Å²) in [6.07, 6.45) is 0.947. The van der Waals surface area contributed by atoms with Crippen molar-refractivity contribution in [3.8, 4) is 5.75 Å². The van der Waals surface area contributed by atoms with Gasteiger partial charge in [0.25, 0.3) is 0 Å². The highest BCUT2D eigenvalue weighted by atomic mass is 16.4. The Balaban J connectivity index is 3.26. The maximum absolute atomic E-state index is 15.6. The highest BCUT2D eigenvalue weighted by Crippen LogP contribution is 2.55. The molecular formula is C38H63N7O8. The smallest absolute Gasteiger partial charge is 0.333 e. The summed E-state index contributed by atoms with van der Waals surface area (Å²) >= 11 is 0. The van der Waals surface area contributed by atoms with Crippen LogP contribution in [0.25, 0.3) is 0 Å². The van der Waals surface area contributed by atoms with Gasteiger partial charge in [-0.15, -0.1) is 0 Å². The minimum Gasteiger partial charge on any atom is -0.508 e. The van der Waals surface area contributed by atoms with Gasteiger partial charge in [-0.25, -0.2) is 4.79 Å². The van der Waals surface area contributed by atoms with Gasteiger partial charge < -0.3 is 49.9 Å². The van der Waals surface area contributed by atoms with Gasteiger partial charge in [0.15, 0.2) is 34.5 Å². The number of rotatable bonds is 24. The average Bonchev–Trinajstić information content (AvgIpc) is 3.69. The second-order valence-corrected chi connectivity index (χ2v) is 15.1. The van der Waals surface area contributed by atoms with Crippen LogP contribution in [-0.4, -0.2) is 93.9 Å². The first-order valence-electron chi connectivity index (χ1n) is 18.7. The van der Waals surface area contributed by atoms with Crippen molar-refractivity contribution in [2.75, 3.05) is 13.1 Å². The van der Waals surface area contributed by atoms with Gasteiger partial charge in [-0.2, -0.15) is 0 Å². The zero-order chi connectivity index (χ0) is 40.5. The zero-order valence-electron chi connectivity index (χ0n) is 31.9. The number of aromatic hydroxyl groups is 1. The number of phenols is 1. The molecule has 15 heteroatoms. The number of aliphatic carboxylic acids is 1. The van der Waals surface area contributed by atoms with Gasteiger partial charge in [0.2, 0.25) is 0 Å². The number of carbonyl (C=O) groups is 6. The molecule has 10 unspecified atom stereocenters. The number of phenolic OH excluding ortho intramolecular Hbond substituents is 1. The normalized spacial score (nSPS) is 21.5. The summed E-state index contributed by atoms with van der Waals surface area (Å²) in [6.45, 7) is 8.43. The Bertz CT molecular complexity index is 1470. The van der Waals surface area contributed by atoms with Crippen LogP contribution in [0.2, 0.25) is 0 Å². The molecule has 53 heavy (non-hydrogen) atoms. The van der Waals surface area contributed by atoms with E-state index in [-0.39, 0.29) is 38.0 Å². The Morgan fingerprint density at radius 3 is 1.89 bits per heavy atom. The van der Waals surface area contributed by atoms with E-state index in [1.54, 1.807) is 27.7 Å². The SMILES string of the molecule is CCC(C)C(N)C(=O)C(C)(CC(=O)C(N)CCCCN)C(C(=O)C(N)Cc1ccc(O)cc1)(C(=O)C1CCCN1)C(N)(C(=O)O)C(=O)C(N)C(C)CC. The maximum Gasteiger partial charge on any atom is 0.333 e. The van der Waals surface area contributed by atoms with E-state index in [0.29, 0.717) is 37.8 Å². The van der Waals surface area contributed by atoms with E-state index in [9.17, 15) is 24.6 Å². The summed E-state index contributed by atoms with van der Waals surface area (Å²) < 4.78 is 0. The minimum atomic E-state index is -3.54. The van der Waals surface area contributed by atoms with Crippen LogP contribution in [0, 0.1) is 22.7 Å². The molecule has 15 nitrogen and oxygen atoms in total. The Hall–Kier alpha value is -3.44. The van der Waals surface area contributed by atoms with Crippen molar-refractivity contribution >= 4 is 34.9 Å². The van der Waals surface area contributed by atoms with Crippen LogP contribution < -0.4 is 39.7 Å². The van der Waals surface area contributed by atoms with Gasteiger partial charge in [-0.05, 0) is 74.7 Å². The quantitative estimate of drug-likeness (QED) is 0.0505. The Labute approximate surface area is 312 Å². The molecule has 0 aliphatic carbocycles. The Morgan fingerprint density at radius 2 is 1.42 bits per heavy atom. The number of hydrogen-bond donors (Lipinski definition) is 9. The summed E-state index contributed by atoms with van der Waals surface area (Å²) in [6, 6.07) is -1.71. The number of nitrogens with two attached hydrogens (primary N) is 6. The fraction of sp³-hybridized carbons (Fsp3) is 0.684. The first-order chi connectivity index (χ1) is 24.7. The monoisotopic (exact) mass is 745 g/mol. The largest absolute Gasteiger partial charge is 0.508 e. The number of carboxylic acid groups (broad SMARTS) is 1. The van der Waals surface area contributed by atoms with E-state index >= 15 is 14.4 Å². The third-order valence-corrected chi connectivity index (χ3v) is 11.6. The molecule has 1 aliphatic heterocycles. The predicted molar refractivity (Wildman–Crippen MR) is 201 cm³/mol. The summed E-state index contributed by atoms with van der Waals surface area (Å²) in [5, 5.41) is 24.1. The van der Waals surface area contributed by atoms with Gasteiger partial charge in [0.1, 0.15) is 11.2 Å². The van der Waals surface area contributed by atoms with Crippen molar-refractivity contribution in [2.45, 2.75) is 128 Å². The van der Waals surface area contributed by atoms with Gasteiger partial charge in [-0.1, -0.05) is 66.0 Å². The number of carbonyl (C=O) groups excluding carboxylic acids is 5. The van der Waals surface area contributed by atoms with Crippen LogP contribution in [0.15, 0.2) is 24.3 Å². The van der Waals surface area contributed by atoms with Crippen molar-refractivity contribution in [1.82, 2.24) is 5.32 Å². The van der Waals surface area contributed by atoms with E-state index < -0.39 is 99.7 Å². The first kappa shape index (κ1) is 45.7. The van der Waals surface area contributed by atoms with E-state index in [2.05, 4.69) is 5.32 Å². The van der Waals surface area contributed by atoms with Gasteiger partial charge >= 0.3 is 5.97 Å². The molecular weight excluding hydrogens is 682 g/mol. The number of Topliss-reactive ketones (excluding diaryl/α,β-unsaturated/α-hetero) is 5. The van der Waals surface area contributed by atoms with Gasteiger partial charge in [-0.3, -0.25) is 24.0 Å². The lowest BCUT2D eigenvalue weighted by Crippen LogP contribution is -2.82. The predicted octanol–water partition coefficient (Wildman–Crippen LogP) is 0.228. The second kappa shape index (κ2) is 19.2. The zero-order valence-corrected chi connectivity index (χ0v) is 31.9. The maximum atomic E-state index is 15.6. The lowest BCUT2D eigenvalue weighted by molar-refractivity contribution is -0.181. The molecule has 0 radical (unpaired) electrons. The van der Waals surface area contributed by atoms with Gasteiger partial charge in [0, 0.05) is 6.42 Å². The molecule has 1 aromatic carbocycles. The number of hydrogen-bond acceptors (Lipinski definition) is 14. The lowest BCUT2D eigenvalue weighted by atomic mass is 9.44. The molecule has 0 amide bonds. The third-order valence-electron chi connectivity index (χ3n) is 11.6. The molecule has 0 saturated carbocycles. The first-order valence-corrected chi connectivity index (χ1v) is 18.7. The Kier molecular flexibility index (Phi) is 16.6. The van der Waals surface area contributed by atoms with E-state index in [4.69, 9.17) is 34.4 Å². The minimum absolute atomic E-state index is 0.0829. The van der Waals surface area contributed by atoms with Crippen molar-refractivity contribution in [1.29, 1.82) is 0 Å². The van der Waals surface area contributed by atoms with Crippen molar-refractivity contribution in [3.63, 3.8) is 0 Å². The fourth-order valence-corrected chi connectivity index (χ4v) is 7.58. The topological polar surface area (TPSA) is 311 Å². The van der Waals surface area contributed by atoms with Crippen LogP contribution >= 0.6 is 0 Å². The van der Waals surface area contributed by atoms with E-state index in [1.807, 2.05) is 0 Å². The van der Waals surface area contributed by atoms with Crippen LogP contribution in [0.1, 0.15) is 91.5 Å². The van der Waals surface area contributed by atoms with Crippen LogP contribution in [0.3, 0.4) is 0 Å². The second-order valence-electron chi connectivity index (χ2n) is 15.1. The average molecular weight is 746 g/mol. The van der Waals surface area contributed by atoms with E-state index in [1.165, 1.54) is 24.3 Å². The number of nitrogens with one attached hydrogen (secondary N) is 1. The number of ketones is 5. The molecule has 1 aromatic rings. The fourth-order valence-electron chi connectivity index (χ4n) is 7.58. The summed E-state index contributed by atoms with van der Waals surface area (Å²) in [5.41, 5.74) is 29.4. The summed E-state index contributed by atoms with van der Waals surface area (Å²) in [4.78, 5) is 89.4. The number of carboxylic acids is 1. The highest BCUT2D eigenvalue weighted by Gasteiger charge is 2.78. The van der Waals surface area contributed by atoms with Crippen molar-refractivity contribution in [2.24, 2.45) is 57.1 Å². The van der Waals surface area contributed by atoms with Crippen molar-refractivity contribution in [3.05, 3.63) is 29.8 Å². The molecule has 2 rings (SSSR count). The summed E-state index contributed by atoms with van der Waals surface area (Å²) in [5.74, 6) is -9.17. The number of unbranched alkanes of at least 4 members (excludes halogenated alkanes) is 1. The Morgan fingerprint density at radius 1 is 0.868 bits per heavy atom. The van der Waals surface area contributed by atoms with Crippen LogP contribution in [-0.2, 0) is 35.2 Å².